The number of hydrogen-bond donors (Lipinski definition) is 2. The van der Waals surface area contributed by atoms with Crippen molar-refractivity contribution in [1.29, 1.82) is 0 Å². The van der Waals surface area contributed by atoms with Gasteiger partial charge in [-0.1, -0.05) is 39.3 Å². The molecule has 0 fully saturated rings. The maximum Gasteiger partial charge on any atom is 0.115 e. The van der Waals surface area contributed by atoms with Crippen molar-refractivity contribution >= 4 is 0 Å². The highest BCUT2D eigenvalue weighted by Gasteiger charge is 2.29. The predicted molar refractivity (Wildman–Crippen MR) is 71.2 cm³/mol. The Morgan fingerprint density at radius 1 is 1.18 bits per heavy atom. The summed E-state index contributed by atoms with van der Waals surface area (Å²) in [5.74, 6) is 0.868. The van der Waals surface area contributed by atoms with Crippen molar-refractivity contribution in [2.45, 2.75) is 45.4 Å². The largest absolute Gasteiger partial charge is 0.508 e. The predicted octanol–water partition coefficient (Wildman–Crippen LogP) is 3.47. The first-order valence-corrected chi connectivity index (χ1v) is 6.42. The first kappa shape index (κ1) is 14.0. The number of hydrogen-bond acceptors (Lipinski definition) is 2. The zero-order chi connectivity index (χ0) is 12.9. The second-order valence-electron chi connectivity index (χ2n) is 5.24. The highest BCUT2D eigenvalue weighted by atomic mass is 16.3. The van der Waals surface area contributed by atoms with Crippen LogP contribution in [0.3, 0.4) is 0 Å². The van der Waals surface area contributed by atoms with Crippen LogP contribution in [0.25, 0.3) is 0 Å². The smallest absolute Gasteiger partial charge is 0.115 e. The van der Waals surface area contributed by atoms with E-state index in [1.165, 1.54) is 5.56 Å². The lowest BCUT2D eigenvalue weighted by molar-refractivity contribution is 0.233. The molecule has 0 bridgehead atoms. The molecule has 0 aliphatic heterocycles. The van der Waals surface area contributed by atoms with E-state index in [-0.39, 0.29) is 12.0 Å². The van der Waals surface area contributed by atoms with Gasteiger partial charge < -0.3 is 10.2 Å². The van der Waals surface area contributed by atoms with Crippen LogP contribution in [0.1, 0.15) is 45.6 Å². The summed E-state index contributed by atoms with van der Waals surface area (Å²) in [6.07, 6.45) is 3.01. The van der Waals surface area contributed by atoms with Crippen molar-refractivity contribution in [1.82, 2.24) is 0 Å². The molecule has 0 saturated heterocycles. The van der Waals surface area contributed by atoms with Gasteiger partial charge in [0.05, 0.1) is 0 Å². The van der Waals surface area contributed by atoms with Crippen molar-refractivity contribution < 1.29 is 10.2 Å². The molecule has 0 aliphatic rings. The standard InChI is InChI=1S/C15H24O2/c1-4-12(6-5-11-16)15(2,3)13-7-9-14(17)10-8-13/h7-10,12,16-17H,4-6,11H2,1-3H3. The molecule has 2 heteroatoms. The summed E-state index contributed by atoms with van der Waals surface area (Å²) < 4.78 is 0. The lowest BCUT2D eigenvalue weighted by Crippen LogP contribution is -2.28. The van der Waals surface area contributed by atoms with Gasteiger partial charge in [0.25, 0.3) is 0 Å². The van der Waals surface area contributed by atoms with Crippen LogP contribution >= 0.6 is 0 Å². The fourth-order valence-corrected chi connectivity index (χ4v) is 2.54. The maximum atomic E-state index is 9.33. The number of aliphatic hydroxyl groups excluding tert-OH is 1. The van der Waals surface area contributed by atoms with E-state index in [0.29, 0.717) is 11.7 Å². The lowest BCUT2D eigenvalue weighted by atomic mass is 9.70. The number of aromatic hydroxyl groups is 1. The number of aliphatic hydroxyl groups is 1. The van der Waals surface area contributed by atoms with Crippen molar-refractivity contribution in [3.8, 4) is 5.75 Å². The zero-order valence-electron chi connectivity index (χ0n) is 11.1. The number of phenolic OH excluding ortho intramolecular Hbond substituents is 1. The van der Waals surface area contributed by atoms with Gasteiger partial charge in [-0.2, -0.15) is 0 Å². The maximum absolute atomic E-state index is 9.33. The summed E-state index contributed by atoms with van der Waals surface area (Å²) in [4.78, 5) is 0. The van der Waals surface area contributed by atoms with E-state index in [2.05, 4.69) is 20.8 Å². The van der Waals surface area contributed by atoms with Gasteiger partial charge in [-0.25, -0.2) is 0 Å². The van der Waals surface area contributed by atoms with Crippen LogP contribution < -0.4 is 0 Å². The molecule has 1 atom stereocenters. The van der Waals surface area contributed by atoms with Crippen molar-refractivity contribution in [2.24, 2.45) is 5.92 Å². The second-order valence-corrected chi connectivity index (χ2v) is 5.24. The highest BCUT2D eigenvalue weighted by molar-refractivity contribution is 5.31. The highest BCUT2D eigenvalue weighted by Crippen LogP contribution is 2.37. The molecule has 0 aliphatic carbocycles. The summed E-state index contributed by atoms with van der Waals surface area (Å²) in [6, 6.07) is 7.49. The van der Waals surface area contributed by atoms with Gasteiger partial charge in [0.2, 0.25) is 0 Å². The van der Waals surface area contributed by atoms with E-state index in [9.17, 15) is 5.11 Å². The monoisotopic (exact) mass is 236 g/mol. The van der Waals surface area contributed by atoms with E-state index in [1.54, 1.807) is 12.1 Å². The third-order valence-corrected chi connectivity index (χ3v) is 3.84. The normalized spacial score (nSPS) is 13.6. The Kier molecular flexibility index (Phi) is 5.01. The van der Waals surface area contributed by atoms with Crippen molar-refractivity contribution in [2.75, 3.05) is 6.61 Å². The fraction of sp³-hybridized carbons (Fsp3) is 0.600. The summed E-state index contributed by atoms with van der Waals surface area (Å²) in [6.45, 7) is 6.95. The average molecular weight is 236 g/mol. The zero-order valence-corrected chi connectivity index (χ0v) is 11.1. The van der Waals surface area contributed by atoms with Gasteiger partial charge in [-0.05, 0) is 41.9 Å². The van der Waals surface area contributed by atoms with Gasteiger partial charge in [0, 0.05) is 6.61 Å². The number of phenols is 1. The van der Waals surface area contributed by atoms with Gasteiger partial charge >= 0.3 is 0 Å². The van der Waals surface area contributed by atoms with Crippen LogP contribution in [0.15, 0.2) is 24.3 Å². The first-order chi connectivity index (χ1) is 8.02. The van der Waals surface area contributed by atoms with Crippen LogP contribution in [0.5, 0.6) is 5.75 Å². The molecule has 96 valence electrons. The first-order valence-electron chi connectivity index (χ1n) is 6.42. The van der Waals surface area contributed by atoms with Gasteiger partial charge in [-0.15, -0.1) is 0 Å². The SMILES string of the molecule is CCC(CCCO)C(C)(C)c1ccc(O)cc1. The molecule has 2 N–H and O–H groups in total. The Bertz CT molecular complexity index is 327. The molecular formula is C15H24O2. The molecule has 0 saturated carbocycles. The summed E-state index contributed by atoms with van der Waals surface area (Å²) in [5.41, 5.74) is 1.33. The number of rotatable bonds is 6. The molecule has 2 nitrogen and oxygen atoms in total. The molecule has 0 amide bonds. The van der Waals surface area contributed by atoms with E-state index >= 15 is 0 Å². The summed E-state index contributed by atoms with van der Waals surface area (Å²) >= 11 is 0. The van der Waals surface area contributed by atoms with E-state index in [1.807, 2.05) is 12.1 Å². The minimum atomic E-state index is 0.0810. The van der Waals surface area contributed by atoms with E-state index in [4.69, 9.17) is 5.11 Å². The van der Waals surface area contributed by atoms with E-state index < -0.39 is 0 Å². The molecule has 0 spiro atoms. The molecular weight excluding hydrogens is 212 g/mol. The molecule has 1 unspecified atom stereocenters. The average Bonchev–Trinajstić information content (AvgIpc) is 2.30. The Morgan fingerprint density at radius 3 is 2.24 bits per heavy atom. The van der Waals surface area contributed by atoms with Crippen molar-refractivity contribution in [3.63, 3.8) is 0 Å². The summed E-state index contributed by atoms with van der Waals surface area (Å²) in [7, 11) is 0. The Labute approximate surface area is 104 Å². The van der Waals surface area contributed by atoms with Crippen LogP contribution in [-0.2, 0) is 5.41 Å². The topological polar surface area (TPSA) is 40.5 Å². The lowest BCUT2D eigenvalue weighted by Gasteiger charge is -2.34. The summed E-state index contributed by atoms with van der Waals surface area (Å²) in [5, 5.41) is 18.3. The van der Waals surface area contributed by atoms with Crippen LogP contribution in [0, 0.1) is 5.92 Å². The van der Waals surface area contributed by atoms with Crippen molar-refractivity contribution in [3.05, 3.63) is 29.8 Å². The Morgan fingerprint density at radius 2 is 1.76 bits per heavy atom. The van der Waals surface area contributed by atoms with E-state index in [0.717, 1.165) is 19.3 Å². The quantitative estimate of drug-likeness (QED) is 0.794. The van der Waals surface area contributed by atoms with Gasteiger partial charge in [0.15, 0.2) is 0 Å². The molecule has 0 radical (unpaired) electrons. The minimum Gasteiger partial charge on any atom is -0.508 e. The van der Waals surface area contributed by atoms with Crippen LogP contribution in [-0.4, -0.2) is 16.8 Å². The van der Waals surface area contributed by atoms with Crippen LogP contribution in [0.2, 0.25) is 0 Å². The fourth-order valence-electron chi connectivity index (χ4n) is 2.54. The van der Waals surface area contributed by atoms with Gasteiger partial charge in [0.1, 0.15) is 5.75 Å². The minimum absolute atomic E-state index is 0.0810. The molecule has 17 heavy (non-hydrogen) atoms. The Balaban J connectivity index is 2.86. The number of benzene rings is 1. The third-order valence-electron chi connectivity index (χ3n) is 3.84. The molecule has 0 heterocycles. The third kappa shape index (κ3) is 3.47. The molecule has 1 aromatic rings. The van der Waals surface area contributed by atoms with Gasteiger partial charge in [-0.3, -0.25) is 0 Å². The Hall–Kier alpha value is -1.02. The molecule has 1 rings (SSSR count). The second kappa shape index (κ2) is 6.06. The molecule has 1 aromatic carbocycles. The molecule has 0 aromatic heterocycles. The van der Waals surface area contributed by atoms with Crippen LogP contribution in [0.4, 0.5) is 0 Å².